The zero-order valence-corrected chi connectivity index (χ0v) is 20.0. The summed E-state index contributed by atoms with van der Waals surface area (Å²) in [5.74, 6) is 1.67. The number of carbonyl (C=O) groups excluding carboxylic acids is 2. The van der Waals surface area contributed by atoms with Crippen molar-refractivity contribution in [3.8, 4) is 0 Å². The maximum Gasteiger partial charge on any atom is 0.471 e. The molecule has 3 nitrogen and oxygen atoms in total. The zero-order valence-electron chi connectivity index (χ0n) is 19.2. The van der Waals surface area contributed by atoms with Crippen molar-refractivity contribution >= 4 is 23.5 Å². The first-order valence-electron chi connectivity index (χ1n) is 12.1. The van der Waals surface area contributed by atoms with Gasteiger partial charge in [-0.1, -0.05) is 26.0 Å². The number of rotatable bonds is 5. The molecular weight excluding hydrogens is 435 g/mol. The molecule has 0 aromatic rings. The topological polar surface area (TPSA) is 46.2 Å². The van der Waals surface area contributed by atoms with Gasteiger partial charge in [0.15, 0.2) is 0 Å². The molecule has 1 N–H and O–H groups in total. The van der Waals surface area contributed by atoms with Gasteiger partial charge in [0.2, 0.25) is 0 Å². The lowest BCUT2D eigenvalue weighted by Crippen LogP contribution is -2.54. The number of alkyl halides is 3. The molecule has 0 aromatic heterocycles. The lowest BCUT2D eigenvalue weighted by Gasteiger charge is -2.61. The van der Waals surface area contributed by atoms with E-state index >= 15 is 0 Å². The van der Waals surface area contributed by atoms with Crippen LogP contribution < -0.4 is 5.32 Å². The van der Waals surface area contributed by atoms with Crippen LogP contribution in [-0.2, 0) is 9.59 Å². The molecule has 0 spiro atoms. The fraction of sp³-hybridized carbons (Fsp3) is 0.840. The van der Waals surface area contributed by atoms with Gasteiger partial charge in [0.1, 0.15) is 5.78 Å². The smallest absolute Gasteiger partial charge is 0.348 e. The Kier molecular flexibility index (Phi) is 6.54. The van der Waals surface area contributed by atoms with Gasteiger partial charge in [0, 0.05) is 23.6 Å². The van der Waals surface area contributed by atoms with Crippen molar-refractivity contribution in [1.82, 2.24) is 5.32 Å². The summed E-state index contributed by atoms with van der Waals surface area (Å²) >= 11 is 1.84. The fourth-order valence-corrected chi connectivity index (χ4v) is 9.01. The summed E-state index contributed by atoms with van der Waals surface area (Å²) in [6.07, 6.45) is 4.18. The van der Waals surface area contributed by atoms with Gasteiger partial charge in [0.25, 0.3) is 0 Å². The van der Waals surface area contributed by atoms with Crippen LogP contribution in [0.3, 0.4) is 0 Å². The third-order valence-electron chi connectivity index (χ3n) is 9.50. The maximum atomic E-state index is 12.6. The Hall–Kier alpha value is -0.980. The first kappa shape index (κ1) is 24.2. The van der Waals surface area contributed by atoms with E-state index in [-0.39, 0.29) is 17.4 Å². The Morgan fingerprint density at radius 2 is 1.94 bits per heavy atom. The van der Waals surface area contributed by atoms with Gasteiger partial charge >= 0.3 is 12.1 Å². The van der Waals surface area contributed by atoms with Crippen LogP contribution in [0.1, 0.15) is 71.6 Å². The highest BCUT2D eigenvalue weighted by Crippen LogP contribution is 2.66. The third kappa shape index (κ3) is 4.16. The average molecular weight is 472 g/mol. The van der Waals surface area contributed by atoms with Crippen LogP contribution in [-0.4, -0.2) is 35.4 Å². The van der Waals surface area contributed by atoms with Crippen LogP contribution in [0.4, 0.5) is 13.2 Å². The Balaban J connectivity index is 1.32. The van der Waals surface area contributed by atoms with E-state index in [1.54, 1.807) is 0 Å². The van der Waals surface area contributed by atoms with Crippen molar-refractivity contribution in [2.24, 2.45) is 34.5 Å². The number of hydrogen-bond donors (Lipinski definition) is 1. The van der Waals surface area contributed by atoms with Gasteiger partial charge in [-0.25, -0.2) is 0 Å². The number of hydrogen-bond acceptors (Lipinski definition) is 3. The summed E-state index contributed by atoms with van der Waals surface area (Å²) in [5.41, 5.74) is 1.50. The van der Waals surface area contributed by atoms with Crippen LogP contribution in [0.5, 0.6) is 0 Å². The van der Waals surface area contributed by atoms with Gasteiger partial charge in [-0.3, -0.25) is 9.59 Å². The Labute approximate surface area is 193 Å². The number of Topliss-reactive ketones (excluding diaryl/α,β-unsaturated/α-hetero) is 1. The quantitative estimate of drug-likeness (QED) is 0.399. The molecule has 4 rings (SSSR count). The minimum absolute atomic E-state index is 0.0640. The van der Waals surface area contributed by atoms with Crippen LogP contribution in [0, 0.1) is 34.5 Å². The highest BCUT2D eigenvalue weighted by molar-refractivity contribution is 7.99. The summed E-state index contributed by atoms with van der Waals surface area (Å²) in [7, 11) is 0. The standard InChI is InChI=1S/C25H36F3NO2S/c1-15-13-17-18-5-6-21(30)24(18,3)10-8-19(17)23(2)9-7-16(14-20(15)23)32-12-4-11-29-22(31)25(26,27)28/h16-20H,1,4-14H2,2-3H3,(H,29,31)/t16?,17-,18-,19+,20?,23+,24-/m0/s1. The van der Waals surface area contributed by atoms with Crippen molar-refractivity contribution < 1.29 is 22.8 Å². The van der Waals surface area contributed by atoms with E-state index in [1.807, 2.05) is 17.1 Å². The van der Waals surface area contributed by atoms with Crippen molar-refractivity contribution in [2.45, 2.75) is 83.1 Å². The van der Waals surface area contributed by atoms with E-state index in [4.69, 9.17) is 0 Å². The lowest BCUT2D eigenvalue weighted by atomic mass is 9.44. The summed E-state index contributed by atoms with van der Waals surface area (Å²) in [5, 5.41) is 2.46. The largest absolute Gasteiger partial charge is 0.471 e. The number of thioether (sulfide) groups is 1. The fourth-order valence-electron chi connectivity index (χ4n) is 7.76. The second kappa shape index (κ2) is 8.66. The van der Waals surface area contributed by atoms with Gasteiger partial charge in [-0.05, 0) is 86.2 Å². The molecular formula is C25H36F3NO2S. The molecule has 7 atom stereocenters. The Bertz CT molecular complexity index is 784. The zero-order chi connectivity index (χ0) is 23.3. The molecule has 4 aliphatic rings. The van der Waals surface area contributed by atoms with Crippen LogP contribution in [0.15, 0.2) is 12.2 Å². The second-order valence-electron chi connectivity index (χ2n) is 11.1. The Morgan fingerprint density at radius 3 is 2.66 bits per heavy atom. The molecule has 32 heavy (non-hydrogen) atoms. The molecule has 7 heteroatoms. The molecule has 2 unspecified atom stereocenters. The van der Waals surface area contributed by atoms with Crippen LogP contribution in [0.2, 0.25) is 0 Å². The SMILES string of the molecule is C=C1C[C@@H]2[C@@H](CC[C@]3(C)C(=O)CC[C@@H]23)[C@@]2(C)CCC(SCCCNC(=O)C(F)(F)F)CC12. The molecule has 0 saturated heterocycles. The minimum Gasteiger partial charge on any atom is -0.348 e. The average Bonchev–Trinajstić information content (AvgIpc) is 3.02. The molecule has 4 aliphatic carbocycles. The highest BCUT2D eigenvalue weighted by atomic mass is 32.2. The number of ketones is 1. The van der Waals surface area contributed by atoms with E-state index in [9.17, 15) is 22.8 Å². The molecule has 0 aliphatic heterocycles. The van der Waals surface area contributed by atoms with E-state index in [2.05, 4.69) is 20.4 Å². The van der Waals surface area contributed by atoms with Gasteiger partial charge in [0.05, 0.1) is 0 Å². The normalized spacial score (nSPS) is 41.6. The van der Waals surface area contributed by atoms with Crippen molar-refractivity contribution in [2.75, 3.05) is 12.3 Å². The maximum absolute atomic E-state index is 12.6. The molecule has 0 radical (unpaired) electrons. The molecule has 4 fully saturated rings. The third-order valence-corrected chi connectivity index (χ3v) is 10.9. The number of carbonyl (C=O) groups is 2. The summed E-state index contributed by atoms with van der Waals surface area (Å²) in [6.45, 7) is 9.27. The minimum atomic E-state index is -4.80. The van der Waals surface area contributed by atoms with E-state index in [0.29, 0.717) is 41.1 Å². The van der Waals surface area contributed by atoms with Crippen molar-refractivity contribution in [3.63, 3.8) is 0 Å². The first-order valence-corrected chi connectivity index (χ1v) is 13.2. The number of amides is 1. The van der Waals surface area contributed by atoms with E-state index in [0.717, 1.165) is 57.1 Å². The summed E-state index contributed by atoms with van der Waals surface area (Å²) < 4.78 is 36.8. The van der Waals surface area contributed by atoms with E-state index < -0.39 is 12.1 Å². The molecule has 0 aromatic carbocycles. The molecule has 4 saturated carbocycles. The van der Waals surface area contributed by atoms with Crippen molar-refractivity contribution in [3.05, 3.63) is 12.2 Å². The van der Waals surface area contributed by atoms with Gasteiger partial charge < -0.3 is 5.32 Å². The van der Waals surface area contributed by atoms with Gasteiger partial charge in [-0.15, -0.1) is 0 Å². The second-order valence-corrected chi connectivity index (χ2v) is 12.5. The Morgan fingerprint density at radius 1 is 1.19 bits per heavy atom. The predicted octanol–water partition coefficient (Wildman–Crippen LogP) is 5.93. The lowest BCUT2D eigenvalue weighted by molar-refractivity contribution is -0.173. The molecule has 0 bridgehead atoms. The summed E-state index contributed by atoms with van der Waals surface area (Å²) in [6, 6.07) is 0. The molecule has 180 valence electrons. The predicted molar refractivity (Wildman–Crippen MR) is 121 cm³/mol. The number of halogens is 3. The van der Waals surface area contributed by atoms with E-state index in [1.165, 1.54) is 5.57 Å². The molecule has 1 amide bonds. The van der Waals surface area contributed by atoms with Crippen LogP contribution in [0.25, 0.3) is 0 Å². The monoisotopic (exact) mass is 471 g/mol. The summed E-state index contributed by atoms with van der Waals surface area (Å²) in [4.78, 5) is 23.5. The number of nitrogens with one attached hydrogen (secondary N) is 1. The van der Waals surface area contributed by atoms with Crippen LogP contribution >= 0.6 is 11.8 Å². The van der Waals surface area contributed by atoms with Crippen molar-refractivity contribution in [1.29, 1.82) is 0 Å². The number of allylic oxidation sites excluding steroid dienone is 1. The highest BCUT2D eigenvalue weighted by Gasteiger charge is 2.60. The first-order chi connectivity index (χ1) is 15.0. The molecule has 0 heterocycles. The van der Waals surface area contributed by atoms with Gasteiger partial charge in [-0.2, -0.15) is 24.9 Å². The number of fused-ring (bicyclic) bond motifs is 5.